The quantitative estimate of drug-likeness (QED) is 0.548. The minimum Gasteiger partial charge on any atom is -0.310 e. The van der Waals surface area contributed by atoms with Gasteiger partial charge in [0.05, 0.1) is 10.6 Å². The topological polar surface area (TPSA) is 110 Å². The van der Waals surface area contributed by atoms with Gasteiger partial charge in [0.25, 0.3) is 0 Å². The summed E-state index contributed by atoms with van der Waals surface area (Å²) in [6, 6.07) is 9.01. The Morgan fingerprint density at radius 3 is 2.75 bits per heavy atom. The Morgan fingerprint density at radius 2 is 2.03 bits per heavy atom. The highest BCUT2D eigenvalue weighted by Crippen LogP contribution is 2.35. The number of aryl methyl sites for hydroxylation is 2. The molecule has 2 N–H and O–H groups in total. The van der Waals surface area contributed by atoms with Crippen LogP contribution in [0.5, 0.6) is 0 Å². The molecule has 1 amide bonds. The van der Waals surface area contributed by atoms with Gasteiger partial charge in [-0.3, -0.25) is 9.59 Å². The molecule has 1 aliphatic rings. The fourth-order valence-electron chi connectivity index (χ4n) is 3.72. The van der Waals surface area contributed by atoms with E-state index in [0.717, 1.165) is 4.88 Å². The Hall–Kier alpha value is -2.82. The molecule has 0 bridgehead atoms. The van der Waals surface area contributed by atoms with Gasteiger partial charge in [0.2, 0.25) is 21.8 Å². The van der Waals surface area contributed by atoms with Crippen molar-refractivity contribution in [2.24, 2.45) is 0 Å². The number of nitrogens with one attached hydrogen (secondary N) is 2. The number of benzene rings is 1. The molecule has 168 valence electrons. The third-order valence-corrected chi connectivity index (χ3v) is 7.90. The molecule has 0 spiro atoms. The summed E-state index contributed by atoms with van der Waals surface area (Å²) in [7, 11) is -3.75. The Bertz CT molecular complexity index is 1280. The molecule has 0 fully saturated rings. The molecule has 1 aromatic carbocycles. The molecule has 0 atom stereocenters. The first-order valence-corrected chi connectivity index (χ1v) is 12.7. The molecular weight excluding hydrogens is 448 g/mol. The Labute approximate surface area is 190 Å². The maximum absolute atomic E-state index is 13.1. The van der Waals surface area contributed by atoms with Crippen LogP contribution in [-0.2, 0) is 27.7 Å². The molecule has 8 nitrogen and oxygen atoms in total. The number of hydrogen-bond acceptors (Lipinski definition) is 6. The summed E-state index contributed by atoms with van der Waals surface area (Å²) in [5, 5.41) is 9.14. The first kappa shape index (κ1) is 22.4. The number of fused-ring (bicyclic) bond motifs is 1. The summed E-state index contributed by atoms with van der Waals surface area (Å²) >= 11 is 1.59. The SMILES string of the molecule is CCc1nn2c(c1-c1ccc(C)c(S(=O)(=O)NCCc3cccs3)c1)NC(=O)CCC2=O. The number of anilines is 1. The van der Waals surface area contributed by atoms with Crippen LogP contribution < -0.4 is 10.0 Å². The van der Waals surface area contributed by atoms with Crippen LogP contribution in [-0.4, -0.2) is 36.6 Å². The molecule has 10 heteroatoms. The Morgan fingerprint density at radius 1 is 1.22 bits per heavy atom. The van der Waals surface area contributed by atoms with E-state index in [1.54, 1.807) is 36.5 Å². The van der Waals surface area contributed by atoms with Crippen LogP contribution in [0, 0.1) is 6.92 Å². The van der Waals surface area contributed by atoms with Gasteiger partial charge in [-0.2, -0.15) is 9.78 Å². The number of sulfonamides is 1. The highest BCUT2D eigenvalue weighted by molar-refractivity contribution is 7.89. The van der Waals surface area contributed by atoms with Crippen LogP contribution in [0.4, 0.5) is 5.82 Å². The van der Waals surface area contributed by atoms with Gasteiger partial charge in [-0.15, -0.1) is 11.3 Å². The van der Waals surface area contributed by atoms with E-state index < -0.39 is 10.0 Å². The second kappa shape index (κ2) is 8.97. The van der Waals surface area contributed by atoms with Crippen LogP contribution >= 0.6 is 11.3 Å². The molecule has 32 heavy (non-hydrogen) atoms. The maximum atomic E-state index is 13.1. The van der Waals surface area contributed by atoms with E-state index in [0.29, 0.717) is 47.6 Å². The maximum Gasteiger partial charge on any atom is 0.249 e. The Kier molecular flexibility index (Phi) is 6.27. The molecule has 3 aromatic rings. The molecule has 2 aromatic heterocycles. The minimum atomic E-state index is -3.75. The average Bonchev–Trinajstić information content (AvgIpc) is 3.37. The minimum absolute atomic E-state index is 0.0742. The summed E-state index contributed by atoms with van der Waals surface area (Å²) in [4.78, 5) is 25.9. The van der Waals surface area contributed by atoms with Gasteiger partial charge in [0.1, 0.15) is 5.82 Å². The summed E-state index contributed by atoms with van der Waals surface area (Å²) in [6.07, 6.45) is 1.30. The van der Waals surface area contributed by atoms with Gasteiger partial charge in [0, 0.05) is 29.8 Å². The summed E-state index contributed by atoms with van der Waals surface area (Å²) in [6.45, 7) is 3.93. The molecule has 3 heterocycles. The number of rotatable bonds is 7. The number of amides is 1. The highest BCUT2D eigenvalue weighted by atomic mass is 32.2. The number of thiophene rings is 1. The first-order valence-electron chi connectivity index (χ1n) is 10.4. The van der Waals surface area contributed by atoms with Gasteiger partial charge >= 0.3 is 0 Å². The average molecular weight is 473 g/mol. The van der Waals surface area contributed by atoms with Gasteiger partial charge in [-0.05, 0) is 48.4 Å². The second-order valence-electron chi connectivity index (χ2n) is 7.58. The predicted octanol–water partition coefficient (Wildman–Crippen LogP) is 3.38. The zero-order valence-corrected chi connectivity index (χ0v) is 19.5. The van der Waals surface area contributed by atoms with Crippen molar-refractivity contribution in [3.63, 3.8) is 0 Å². The van der Waals surface area contributed by atoms with E-state index >= 15 is 0 Å². The van der Waals surface area contributed by atoms with E-state index in [9.17, 15) is 18.0 Å². The highest BCUT2D eigenvalue weighted by Gasteiger charge is 2.28. The van der Waals surface area contributed by atoms with Crippen molar-refractivity contribution in [1.29, 1.82) is 0 Å². The van der Waals surface area contributed by atoms with E-state index in [4.69, 9.17) is 0 Å². The molecule has 0 saturated heterocycles. The normalized spacial score (nSPS) is 14.2. The monoisotopic (exact) mass is 472 g/mol. The number of hydrogen-bond donors (Lipinski definition) is 2. The van der Waals surface area contributed by atoms with Crippen molar-refractivity contribution in [3.8, 4) is 11.1 Å². The lowest BCUT2D eigenvalue weighted by Gasteiger charge is -2.12. The lowest BCUT2D eigenvalue weighted by Crippen LogP contribution is -2.26. The van der Waals surface area contributed by atoms with Gasteiger partial charge < -0.3 is 5.32 Å². The number of aromatic nitrogens is 2. The van der Waals surface area contributed by atoms with Crippen LogP contribution in [0.3, 0.4) is 0 Å². The standard InChI is InChI=1S/C22H24N4O4S2/c1-3-17-21(22-24-19(27)8-9-20(28)26(22)25-17)15-7-6-14(2)18(13-15)32(29,30)23-11-10-16-5-4-12-31-16/h4-7,12-13,23H,3,8-11H2,1-2H3,(H,24,27). The van der Waals surface area contributed by atoms with Crippen LogP contribution in [0.25, 0.3) is 11.1 Å². The first-order chi connectivity index (χ1) is 15.3. The molecule has 0 aliphatic carbocycles. The van der Waals surface area contributed by atoms with Crippen LogP contribution in [0.2, 0.25) is 0 Å². The van der Waals surface area contributed by atoms with Gasteiger partial charge in [0.15, 0.2) is 0 Å². The summed E-state index contributed by atoms with van der Waals surface area (Å²) in [5.74, 6) is -0.238. The fraction of sp³-hybridized carbons (Fsp3) is 0.318. The molecule has 0 unspecified atom stereocenters. The van der Waals surface area contributed by atoms with E-state index in [2.05, 4.69) is 15.1 Å². The number of carbonyl (C=O) groups excluding carboxylic acids is 2. The predicted molar refractivity (Wildman–Crippen MR) is 123 cm³/mol. The Balaban J connectivity index is 1.71. The van der Waals surface area contributed by atoms with Gasteiger partial charge in [-0.1, -0.05) is 25.1 Å². The fourth-order valence-corrected chi connectivity index (χ4v) is 5.73. The van der Waals surface area contributed by atoms with Crippen molar-refractivity contribution >= 4 is 39.0 Å². The zero-order valence-electron chi connectivity index (χ0n) is 17.8. The van der Waals surface area contributed by atoms with Gasteiger partial charge in [-0.25, -0.2) is 13.1 Å². The van der Waals surface area contributed by atoms with Crippen molar-refractivity contribution in [1.82, 2.24) is 14.5 Å². The van der Waals surface area contributed by atoms with Crippen molar-refractivity contribution in [3.05, 3.63) is 51.8 Å². The summed E-state index contributed by atoms with van der Waals surface area (Å²) in [5.41, 5.74) is 2.38. The molecule has 0 saturated carbocycles. The summed E-state index contributed by atoms with van der Waals surface area (Å²) < 4.78 is 30.0. The second-order valence-corrected chi connectivity index (χ2v) is 10.4. The third kappa shape index (κ3) is 4.38. The molecule has 4 rings (SSSR count). The largest absolute Gasteiger partial charge is 0.310 e. The molecule has 0 radical (unpaired) electrons. The van der Waals surface area contributed by atoms with E-state index in [-0.39, 0.29) is 29.6 Å². The smallest absolute Gasteiger partial charge is 0.249 e. The molecular formula is C22H24N4O4S2. The van der Waals surface area contributed by atoms with Crippen LogP contribution in [0.15, 0.2) is 40.6 Å². The van der Waals surface area contributed by atoms with Crippen molar-refractivity contribution in [2.45, 2.75) is 44.4 Å². The van der Waals surface area contributed by atoms with E-state index in [1.165, 1.54) is 4.68 Å². The van der Waals surface area contributed by atoms with Crippen molar-refractivity contribution in [2.75, 3.05) is 11.9 Å². The molecule has 1 aliphatic heterocycles. The lowest BCUT2D eigenvalue weighted by atomic mass is 10.0. The number of carbonyl (C=O) groups is 2. The van der Waals surface area contributed by atoms with Crippen molar-refractivity contribution < 1.29 is 18.0 Å². The lowest BCUT2D eigenvalue weighted by molar-refractivity contribution is -0.116. The van der Waals surface area contributed by atoms with E-state index in [1.807, 2.05) is 24.4 Å². The van der Waals surface area contributed by atoms with Crippen LogP contribution in [0.1, 0.15) is 40.7 Å². The third-order valence-electron chi connectivity index (χ3n) is 5.36. The number of nitrogens with zero attached hydrogens (tertiary/aromatic N) is 2. The zero-order chi connectivity index (χ0) is 22.9.